The van der Waals surface area contributed by atoms with Crippen molar-refractivity contribution in [1.82, 2.24) is 9.78 Å². The predicted molar refractivity (Wildman–Crippen MR) is 72.4 cm³/mol. The first-order valence-electron chi connectivity index (χ1n) is 7.10. The SMILES string of the molecule is CCc1cc(CC2(O)CCC(N)CC2)n(CC)n1. The second-order valence-corrected chi connectivity index (χ2v) is 5.53. The van der Waals surface area contributed by atoms with Gasteiger partial charge in [-0.1, -0.05) is 6.92 Å². The van der Waals surface area contributed by atoms with Gasteiger partial charge in [-0.3, -0.25) is 4.68 Å². The van der Waals surface area contributed by atoms with Gasteiger partial charge in [-0.2, -0.15) is 5.10 Å². The Bertz CT molecular complexity index is 392. The molecular formula is C14H25N3O. The molecule has 4 heteroatoms. The quantitative estimate of drug-likeness (QED) is 0.855. The summed E-state index contributed by atoms with van der Waals surface area (Å²) in [6, 6.07) is 2.41. The average Bonchev–Trinajstić information content (AvgIpc) is 2.75. The van der Waals surface area contributed by atoms with Crippen molar-refractivity contribution < 1.29 is 5.11 Å². The number of hydrogen-bond acceptors (Lipinski definition) is 3. The molecule has 0 amide bonds. The molecular weight excluding hydrogens is 226 g/mol. The normalized spacial score (nSPS) is 28.6. The van der Waals surface area contributed by atoms with Gasteiger partial charge >= 0.3 is 0 Å². The second kappa shape index (κ2) is 5.41. The van der Waals surface area contributed by atoms with Gasteiger partial charge < -0.3 is 10.8 Å². The van der Waals surface area contributed by atoms with Crippen LogP contribution in [0.3, 0.4) is 0 Å². The summed E-state index contributed by atoms with van der Waals surface area (Å²) in [4.78, 5) is 0. The molecule has 1 aliphatic rings. The van der Waals surface area contributed by atoms with Gasteiger partial charge in [0.15, 0.2) is 0 Å². The van der Waals surface area contributed by atoms with Gasteiger partial charge in [-0.15, -0.1) is 0 Å². The molecule has 1 fully saturated rings. The highest BCUT2D eigenvalue weighted by Gasteiger charge is 2.33. The minimum atomic E-state index is -0.576. The zero-order valence-electron chi connectivity index (χ0n) is 11.5. The Morgan fingerprint density at radius 2 is 2.11 bits per heavy atom. The van der Waals surface area contributed by atoms with Crippen LogP contribution in [0, 0.1) is 0 Å². The summed E-state index contributed by atoms with van der Waals surface area (Å²) in [5.74, 6) is 0. The molecule has 102 valence electrons. The molecule has 0 spiro atoms. The van der Waals surface area contributed by atoms with Crippen LogP contribution in [-0.2, 0) is 19.4 Å². The molecule has 2 rings (SSSR count). The first-order chi connectivity index (χ1) is 8.56. The standard InChI is InChI=1S/C14H25N3O/c1-3-12-9-13(17(4-2)16-12)10-14(18)7-5-11(15)6-8-14/h9,11,18H,3-8,10,15H2,1-2H3. The van der Waals surface area contributed by atoms with Crippen LogP contribution in [0.1, 0.15) is 50.9 Å². The summed E-state index contributed by atoms with van der Waals surface area (Å²) in [5, 5.41) is 15.2. The van der Waals surface area contributed by atoms with Crippen molar-refractivity contribution >= 4 is 0 Å². The van der Waals surface area contributed by atoms with E-state index in [1.807, 2.05) is 4.68 Å². The maximum atomic E-state index is 10.6. The molecule has 3 N–H and O–H groups in total. The van der Waals surface area contributed by atoms with E-state index in [0.717, 1.165) is 50.0 Å². The Morgan fingerprint density at radius 3 is 2.67 bits per heavy atom. The van der Waals surface area contributed by atoms with Crippen molar-refractivity contribution in [1.29, 1.82) is 0 Å². The monoisotopic (exact) mass is 251 g/mol. The number of nitrogens with zero attached hydrogens (tertiary/aromatic N) is 2. The summed E-state index contributed by atoms with van der Waals surface area (Å²) in [7, 11) is 0. The third kappa shape index (κ3) is 2.93. The largest absolute Gasteiger partial charge is 0.389 e. The topological polar surface area (TPSA) is 64.1 Å². The zero-order valence-corrected chi connectivity index (χ0v) is 11.5. The second-order valence-electron chi connectivity index (χ2n) is 5.53. The lowest BCUT2D eigenvalue weighted by Gasteiger charge is -2.34. The van der Waals surface area contributed by atoms with Crippen LogP contribution in [0.2, 0.25) is 0 Å². The van der Waals surface area contributed by atoms with Crippen molar-refractivity contribution in [3.63, 3.8) is 0 Å². The van der Waals surface area contributed by atoms with Crippen LogP contribution >= 0.6 is 0 Å². The third-order valence-corrected chi connectivity index (χ3v) is 4.05. The minimum absolute atomic E-state index is 0.271. The Labute approximate surface area is 109 Å². The molecule has 0 aliphatic heterocycles. The van der Waals surface area contributed by atoms with E-state index in [4.69, 9.17) is 5.73 Å². The number of aliphatic hydroxyl groups is 1. The van der Waals surface area contributed by atoms with E-state index in [1.165, 1.54) is 0 Å². The van der Waals surface area contributed by atoms with Gasteiger partial charge in [0.2, 0.25) is 0 Å². The van der Waals surface area contributed by atoms with Crippen molar-refractivity contribution in [3.05, 3.63) is 17.5 Å². The molecule has 0 saturated heterocycles. The number of rotatable bonds is 4. The first-order valence-corrected chi connectivity index (χ1v) is 7.10. The Kier molecular flexibility index (Phi) is 4.07. The van der Waals surface area contributed by atoms with E-state index in [0.29, 0.717) is 6.42 Å². The molecule has 0 unspecified atom stereocenters. The molecule has 0 radical (unpaired) electrons. The van der Waals surface area contributed by atoms with Crippen molar-refractivity contribution in [2.24, 2.45) is 5.73 Å². The summed E-state index contributed by atoms with van der Waals surface area (Å²) < 4.78 is 2.02. The van der Waals surface area contributed by atoms with Gasteiger partial charge in [0.1, 0.15) is 0 Å². The van der Waals surface area contributed by atoms with Crippen LogP contribution in [0.4, 0.5) is 0 Å². The molecule has 0 atom stereocenters. The molecule has 1 aromatic rings. The lowest BCUT2D eigenvalue weighted by atomic mass is 9.79. The number of aryl methyl sites for hydroxylation is 2. The van der Waals surface area contributed by atoms with E-state index in [9.17, 15) is 5.11 Å². The van der Waals surface area contributed by atoms with E-state index >= 15 is 0 Å². The van der Waals surface area contributed by atoms with Crippen molar-refractivity contribution in [3.8, 4) is 0 Å². The lowest BCUT2D eigenvalue weighted by molar-refractivity contribution is -0.00144. The van der Waals surface area contributed by atoms with E-state index in [1.54, 1.807) is 0 Å². The molecule has 4 nitrogen and oxygen atoms in total. The lowest BCUT2D eigenvalue weighted by Crippen LogP contribution is -2.40. The molecule has 1 aliphatic carbocycles. The molecule has 1 heterocycles. The van der Waals surface area contributed by atoms with Gasteiger partial charge in [-0.25, -0.2) is 0 Å². The highest BCUT2D eigenvalue weighted by molar-refractivity contribution is 5.13. The van der Waals surface area contributed by atoms with Crippen molar-refractivity contribution in [2.75, 3.05) is 0 Å². The summed E-state index contributed by atoms with van der Waals surface area (Å²) >= 11 is 0. The van der Waals surface area contributed by atoms with Crippen LogP contribution in [-0.4, -0.2) is 26.5 Å². The summed E-state index contributed by atoms with van der Waals surface area (Å²) in [5.41, 5.74) is 7.60. The van der Waals surface area contributed by atoms with Crippen molar-refractivity contribution in [2.45, 2.75) is 70.6 Å². The maximum absolute atomic E-state index is 10.6. The Balaban J connectivity index is 2.10. The van der Waals surface area contributed by atoms with Gasteiger partial charge in [0.25, 0.3) is 0 Å². The van der Waals surface area contributed by atoms with Crippen LogP contribution in [0.25, 0.3) is 0 Å². The van der Waals surface area contributed by atoms with E-state index < -0.39 is 5.60 Å². The maximum Gasteiger partial charge on any atom is 0.0704 e. The molecule has 1 aromatic heterocycles. The van der Waals surface area contributed by atoms with Crippen LogP contribution < -0.4 is 5.73 Å². The minimum Gasteiger partial charge on any atom is -0.389 e. The molecule has 1 saturated carbocycles. The Hall–Kier alpha value is -0.870. The predicted octanol–water partition coefficient (Wildman–Crippen LogP) is 1.64. The van der Waals surface area contributed by atoms with Crippen LogP contribution in [0.5, 0.6) is 0 Å². The smallest absolute Gasteiger partial charge is 0.0704 e. The van der Waals surface area contributed by atoms with Gasteiger partial charge in [-0.05, 0) is 45.1 Å². The number of hydrogen-bond donors (Lipinski definition) is 2. The fourth-order valence-corrected chi connectivity index (χ4v) is 2.80. The highest BCUT2D eigenvalue weighted by atomic mass is 16.3. The van der Waals surface area contributed by atoms with E-state index in [-0.39, 0.29) is 6.04 Å². The molecule has 0 aromatic carbocycles. The Morgan fingerprint density at radius 1 is 1.44 bits per heavy atom. The highest BCUT2D eigenvalue weighted by Crippen LogP contribution is 2.31. The van der Waals surface area contributed by atoms with E-state index in [2.05, 4.69) is 25.0 Å². The molecule has 0 bridgehead atoms. The third-order valence-electron chi connectivity index (χ3n) is 4.05. The van der Waals surface area contributed by atoms with Gasteiger partial charge in [0, 0.05) is 24.7 Å². The molecule has 18 heavy (non-hydrogen) atoms. The first kappa shape index (κ1) is 13.6. The fourth-order valence-electron chi connectivity index (χ4n) is 2.80. The average molecular weight is 251 g/mol. The number of nitrogens with two attached hydrogens (primary N) is 1. The zero-order chi connectivity index (χ0) is 13.2. The fraction of sp³-hybridized carbons (Fsp3) is 0.786. The summed E-state index contributed by atoms with van der Waals surface area (Å²) in [6.07, 6.45) is 5.13. The summed E-state index contributed by atoms with van der Waals surface area (Å²) in [6.45, 7) is 5.07. The van der Waals surface area contributed by atoms with Gasteiger partial charge in [0.05, 0.1) is 11.3 Å². The van der Waals surface area contributed by atoms with Crippen LogP contribution in [0.15, 0.2) is 6.07 Å². The number of aromatic nitrogens is 2.